The van der Waals surface area contributed by atoms with Gasteiger partial charge in [0.25, 0.3) is 0 Å². The zero-order valence-electron chi connectivity index (χ0n) is 8.71. The van der Waals surface area contributed by atoms with E-state index >= 15 is 0 Å². The molecule has 0 bridgehead atoms. The molecule has 0 saturated heterocycles. The molecule has 2 atom stereocenters. The summed E-state index contributed by atoms with van der Waals surface area (Å²) in [7, 11) is -3.33. The van der Waals surface area contributed by atoms with Crippen LogP contribution >= 0.6 is 38.5 Å². The summed E-state index contributed by atoms with van der Waals surface area (Å²) in [6.45, 7) is 6.98. The van der Waals surface area contributed by atoms with Gasteiger partial charge in [0.05, 0.1) is 6.10 Å². The van der Waals surface area contributed by atoms with E-state index in [-0.39, 0.29) is 5.75 Å². The highest BCUT2D eigenvalue weighted by molar-refractivity contribution is 14.1. The van der Waals surface area contributed by atoms with E-state index < -0.39 is 23.0 Å². The van der Waals surface area contributed by atoms with Crippen LogP contribution in [0.5, 0.6) is 0 Å². The molecule has 0 amide bonds. The number of sulfone groups is 1. The van der Waals surface area contributed by atoms with Gasteiger partial charge in [0.2, 0.25) is 1.66 Å². The topological polar surface area (TPSA) is 54.4 Å². The number of halogens is 2. The lowest BCUT2D eigenvalue weighted by Gasteiger charge is -2.35. The molecule has 0 aliphatic rings. The van der Waals surface area contributed by atoms with Crippen molar-refractivity contribution in [2.24, 2.45) is 5.41 Å². The Hall–Kier alpha value is 1.12. The third-order valence-electron chi connectivity index (χ3n) is 1.93. The molecule has 14 heavy (non-hydrogen) atoms. The molecule has 0 radical (unpaired) electrons. The van der Waals surface area contributed by atoms with Crippen LogP contribution in [0.4, 0.5) is 0 Å². The molecule has 0 aromatic carbocycles. The summed E-state index contributed by atoms with van der Waals surface area (Å²) >= 11 is 4.86. The largest absolute Gasteiger partial charge is 0.389 e. The third-order valence-corrected chi connectivity index (χ3v) is 8.26. The van der Waals surface area contributed by atoms with Gasteiger partial charge in [-0.25, -0.2) is 8.42 Å². The number of alkyl halides is 2. The van der Waals surface area contributed by atoms with Crippen molar-refractivity contribution >= 4 is 48.4 Å². The monoisotopic (exact) mass is 398 g/mol. The molecule has 86 valence electrons. The molecule has 0 unspecified atom stereocenters. The quantitative estimate of drug-likeness (QED) is 0.586. The fourth-order valence-electron chi connectivity index (χ4n) is 0.867. The zero-order chi connectivity index (χ0) is 11.8. The highest BCUT2D eigenvalue weighted by Gasteiger charge is 2.49. The Balaban J connectivity index is 5.18. The van der Waals surface area contributed by atoms with Crippen molar-refractivity contribution in [3.8, 4) is 0 Å². The number of hydrogen-bond donors (Lipinski definition) is 1. The molecule has 0 saturated carbocycles. The van der Waals surface area contributed by atoms with Crippen molar-refractivity contribution in [2.75, 3.05) is 5.75 Å². The van der Waals surface area contributed by atoms with Gasteiger partial charge in [0.15, 0.2) is 9.84 Å². The minimum Gasteiger partial charge on any atom is -0.389 e. The van der Waals surface area contributed by atoms with Crippen LogP contribution in [-0.2, 0) is 9.84 Å². The fourth-order valence-corrected chi connectivity index (χ4v) is 5.19. The number of aliphatic hydroxyl groups excluding tert-OH is 1. The second-order valence-electron chi connectivity index (χ2n) is 4.23. The van der Waals surface area contributed by atoms with Gasteiger partial charge in [-0.15, -0.1) is 0 Å². The van der Waals surface area contributed by atoms with E-state index in [2.05, 4.69) is 15.9 Å². The van der Waals surface area contributed by atoms with E-state index in [1.54, 1.807) is 50.3 Å². The first-order chi connectivity index (χ1) is 5.97. The molecule has 0 aromatic heterocycles. The van der Waals surface area contributed by atoms with Crippen LogP contribution < -0.4 is 0 Å². The molecule has 0 aliphatic carbocycles. The van der Waals surface area contributed by atoms with Crippen molar-refractivity contribution in [3.63, 3.8) is 0 Å². The summed E-state index contributed by atoms with van der Waals surface area (Å²) in [4.78, 5) is 0. The Morgan fingerprint density at radius 3 is 2.00 bits per heavy atom. The number of aliphatic hydroxyl groups is 1. The fraction of sp³-hybridized carbons (Fsp3) is 1.00. The van der Waals surface area contributed by atoms with Crippen LogP contribution in [0.15, 0.2) is 0 Å². The Morgan fingerprint density at radius 1 is 1.43 bits per heavy atom. The molecule has 0 heterocycles. The van der Waals surface area contributed by atoms with Gasteiger partial charge in [0.1, 0.15) is 0 Å². The average molecular weight is 399 g/mol. The first-order valence-corrected chi connectivity index (χ1v) is 7.77. The lowest BCUT2D eigenvalue weighted by atomic mass is 9.90. The zero-order valence-corrected chi connectivity index (χ0v) is 13.3. The Labute approximate surface area is 108 Å². The smallest absolute Gasteiger partial charge is 0.203 e. The number of hydrogen-bond acceptors (Lipinski definition) is 3. The molecular weight excluding hydrogens is 383 g/mol. The second-order valence-corrected chi connectivity index (χ2v) is 12.4. The van der Waals surface area contributed by atoms with Crippen LogP contribution in [0.3, 0.4) is 0 Å². The van der Waals surface area contributed by atoms with Crippen LogP contribution in [0.1, 0.15) is 27.7 Å². The van der Waals surface area contributed by atoms with E-state index in [0.29, 0.717) is 0 Å². The molecule has 0 rings (SSSR count). The SMILES string of the molecule is CCS(=O)(=O)[C@@](Br)(I)[C@@H](O)C(C)(C)C. The summed E-state index contributed by atoms with van der Waals surface area (Å²) in [6.07, 6.45) is -0.958. The molecule has 0 spiro atoms. The van der Waals surface area contributed by atoms with Gasteiger partial charge in [0, 0.05) is 5.75 Å². The molecule has 3 nitrogen and oxygen atoms in total. The Kier molecular flexibility index (Phi) is 4.91. The first kappa shape index (κ1) is 15.1. The maximum Gasteiger partial charge on any atom is 0.203 e. The predicted octanol–water partition coefficient (Wildman–Crippen LogP) is 2.31. The maximum absolute atomic E-state index is 11.7. The molecule has 0 fully saturated rings. The van der Waals surface area contributed by atoms with E-state index in [1.807, 2.05) is 0 Å². The lowest BCUT2D eigenvalue weighted by Crippen LogP contribution is -2.46. The van der Waals surface area contributed by atoms with Crippen LogP contribution in [0.25, 0.3) is 0 Å². The van der Waals surface area contributed by atoms with E-state index in [1.165, 1.54) is 0 Å². The normalized spacial score (nSPS) is 20.2. The minimum atomic E-state index is -3.33. The lowest BCUT2D eigenvalue weighted by molar-refractivity contribution is 0.0740. The Morgan fingerprint density at radius 2 is 1.79 bits per heavy atom. The highest BCUT2D eigenvalue weighted by atomic mass is 127. The van der Waals surface area contributed by atoms with Crippen LogP contribution in [-0.4, -0.2) is 27.0 Å². The number of rotatable bonds is 3. The molecular formula is C8H16BrIO3S. The van der Waals surface area contributed by atoms with Crippen LogP contribution in [0, 0.1) is 5.41 Å². The predicted molar refractivity (Wildman–Crippen MR) is 70.6 cm³/mol. The standard InChI is InChI=1S/C8H16BrIO3S/c1-5-14(12,13)8(9,10)6(11)7(2,3)4/h6,11H,5H2,1-4H3/t6-,8-/m0/s1. The molecule has 0 aromatic rings. The van der Waals surface area contributed by atoms with Gasteiger partial charge < -0.3 is 5.11 Å². The second kappa shape index (κ2) is 4.55. The molecule has 1 N–H and O–H groups in total. The Bertz CT molecular complexity index is 292. The highest BCUT2D eigenvalue weighted by Crippen LogP contribution is 2.43. The summed E-state index contributed by atoms with van der Waals surface area (Å²) in [5, 5.41) is 9.95. The summed E-state index contributed by atoms with van der Waals surface area (Å²) in [5.41, 5.74) is -0.479. The average Bonchev–Trinajstić information content (AvgIpc) is 2.01. The summed E-state index contributed by atoms with van der Waals surface area (Å²) in [5.74, 6) is 0.00826. The van der Waals surface area contributed by atoms with Crippen molar-refractivity contribution in [2.45, 2.75) is 35.5 Å². The van der Waals surface area contributed by atoms with Gasteiger partial charge in [-0.05, 0) is 28.0 Å². The van der Waals surface area contributed by atoms with Crippen molar-refractivity contribution < 1.29 is 13.5 Å². The van der Waals surface area contributed by atoms with Crippen LogP contribution in [0.2, 0.25) is 0 Å². The third kappa shape index (κ3) is 3.05. The van der Waals surface area contributed by atoms with Gasteiger partial charge in [-0.2, -0.15) is 0 Å². The van der Waals surface area contributed by atoms with Gasteiger partial charge >= 0.3 is 0 Å². The summed E-state index contributed by atoms with van der Waals surface area (Å²) < 4.78 is 22.1. The van der Waals surface area contributed by atoms with Crippen molar-refractivity contribution in [3.05, 3.63) is 0 Å². The van der Waals surface area contributed by atoms with Crippen molar-refractivity contribution in [1.82, 2.24) is 0 Å². The first-order valence-electron chi connectivity index (χ1n) is 4.25. The minimum absolute atomic E-state index is 0.00826. The van der Waals surface area contributed by atoms with Gasteiger partial charge in [-0.3, -0.25) is 0 Å². The van der Waals surface area contributed by atoms with Gasteiger partial charge in [-0.1, -0.05) is 43.6 Å². The van der Waals surface area contributed by atoms with E-state index in [4.69, 9.17) is 0 Å². The van der Waals surface area contributed by atoms with E-state index in [9.17, 15) is 13.5 Å². The molecule has 6 heteroatoms. The van der Waals surface area contributed by atoms with E-state index in [0.717, 1.165) is 0 Å². The molecule has 0 aliphatic heterocycles. The van der Waals surface area contributed by atoms with Crippen molar-refractivity contribution in [1.29, 1.82) is 0 Å². The maximum atomic E-state index is 11.7. The summed E-state index contributed by atoms with van der Waals surface area (Å²) in [6, 6.07) is 0.